The van der Waals surface area contributed by atoms with Crippen LogP contribution in [-0.2, 0) is 0 Å². The van der Waals surface area contributed by atoms with Crippen molar-refractivity contribution < 1.29 is 4.79 Å². The third kappa shape index (κ3) is 3.23. The Hall–Kier alpha value is -2.10. The van der Waals surface area contributed by atoms with E-state index >= 15 is 0 Å². The molecule has 126 valence electrons. The summed E-state index contributed by atoms with van der Waals surface area (Å²) in [6, 6.07) is 10.5. The van der Waals surface area contributed by atoms with Gasteiger partial charge < -0.3 is 5.32 Å². The zero-order chi connectivity index (χ0) is 16.4. The molecule has 2 aliphatic rings. The second kappa shape index (κ2) is 6.80. The maximum absolute atomic E-state index is 12.9. The number of para-hydroxylation sites is 1. The Morgan fingerprint density at radius 2 is 1.71 bits per heavy atom. The molecule has 1 N–H and O–H groups in total. The van der Waals surface area contributed by atoms with E-state index in [-0.39, 0.29) is 5.91 Å². The molecule has 4 nitrogen and oxygen atoms in total. The molecule has 1 amide bonds. The first-order chi connectivity index (χ1) is 11.8. The summed E-state index contributed by atoms with van der Waals surface area (Å²) in [5.74, 6) is 0.536. The molecule has 2 aliphatic carbocycles. The summed E-state index contributed by atoms with van der Waals surface area (Å²) >= 11 is 0. The van der Waals surface area contributed by atoms with Crippen LogP contribution in [-0.4, -0.2) is 21.7 Å². The molecule has 0 spiro atoms. The average molecular weight is 323 g/mol. The van der Waals surface area contributed by atoms with Gasteiger partial charge in [0.15, 0.2) is 0 Å². The fourth-order valence-corrected chi connectivity index (χ4v) is 3.74. The van der Waals surface area contributed by atoms with Crippen molar-refractivity contribution in [2.75, 3.05) is 0 Å². The van der Waals surface area contributed by atoms with Crippen LogP contribution in [0.4, 0.5) is 0 Å². The Morgan fingerprint density at radius 1 is 1.00 bits per heavy atom. The summed E-state index contributed by atoms with van der Waals surface area (Å²) in [6.07, 6.45) is 11.3. The predicted octanol–water partition coefficient (Wildman–Crippen LogP) is 4.20. The van der Waals surface area contributed by atoms with Gasteiger partial charge in [-0.3, -0.25) is 4.79 Å². The van der Waals surface area contributed by atoms with E-state index < -0.39 is 0 Å². The van der Waals surface area contributed by atoms with Crippen LogP contribution in [0.2, 0.25) is 0 Å². The first kappa shape index (κ1) is 15.4. The molecule has 0 saturated heterocycles. The SMILES string of the molecule is O=C(NC1CCCCCC1)c1cnn(-c2ccccc2)c1C1CC1. The number of amides is 1. The molecular formula is C20H25N3O. The fraction of sp³-hybridized carbons (Fsp3) is 0.500. The zero-order valence-corrected chi connectivity index (χ0v) is 14.1. The van der Waals surface area contributed by atoms with E-state index in [1.54, 1.807) is 6.20 Å². The topological polar surface area (TPSA) is 46.9 Å². The van der Waals surface area contributed by atoms with Crippen molar-refractivity contribution in [3.05, 3.63) is 47.8 Å². The summed E-state index contributed by atoms with van der Waals surface area (Å²) in [4.78, 5) is 12.9. The third-order valence-electron chi connectivity index (χ3n) is 5.21. The van der Waals surface area contributed by atoms with E-state index in [2.05, 4.69) is 10.4 Å². The Balaban J connectivity index is 1.58. The molecule has 0 aliphatic heterocycles. The van der Waals surface area contributed by atoms with Crippen LogP contribution in [0.1, 0.15) is 73.3 Å². The monoisotopic (exact) mass is 323 g/mol. The van der Waals surface area contributed by atoms with Gasteiger partial charge >= 0.3 is 0 Å². The van der Waals surface area contributed by atoms with Crippen LogP contribution in [0.25, 0.3) is 5.69 Å². The lowest BCUT2D eigenvalue weighted by atomic mass is 10.1. The van der Waals surface area contributed by atoms with Gasteiger partial charge in [-0.25, -0.2) is 4.68 Å². The Morgan fingerprint density at radius 3 is 2.38 bits per heavy atom. The van der Waals surface area contributed by atoms with Crippen molar-refractivity contribution in [3.63, 3.8) is 0 Å². The zero-order valence-electron chi connectivity index (χ0n) is 14.1. The molecule has 0 radical (unpaired) electrons. The summed E-state index contributed by atoms with van der Waals surface area (Å²) in [6.45, 7) is 0. The first-order valence-corrected chi connectivity index (χ1v) is 9.27. The smallest absolute Gasteiger partial charge is 0.255 e. The van der Waals surface area contributed by atoms with Crippen LogP contribution < -0.4 is 5.32 Å². The van der Waals surface area contributed by atoms with E-state index in [9.17, 15) is 4.79 Å². The minimum atomic E-state index is 0.0611. The lowest BCUT2D eigenvalue weighted by Crippen LogP contribution is -2.34. The Labute approximate surface area is 143 Å². The molecule has 24 heavy (non-hydrogen) atoms. The maximum atomic E-state index is 12.9. The number of hydrogen-bond acceptors (Lipinski definition) is 2. The molecule has 1 aromatic heterocycles. The highest BCUT2D eigenvalue weighted by atomic mass is 16.1. The summed E-state index contributed by atoms with van der Waals surface area (Å²) in [7, 11) is 0. The van der Waals surface area contributed by atoms with Gasteiger partial charge in [0, 0.05) is 12.0 Å². The van der Waals surface area contributed by atoms with Crippen molar-refractivity contribution in [1.29, 1.82) is 0 Å². The van der Waals surface area contributed by atoms with Crippen LogP contribution in [0.15, 0.2) is 36.5 Å². The van der Waals surface area contributed by atoms with Crippen molar-refractivity contribution in [1.82, 2.24) is 15.1 Å². The summed E-state index contributed by atoms with van der Waals surface area (Å²) in [5, 5.41) is 7.81. The molecule has 1 aromatic carbocycles. The van der Waals surface area contributed by atoms with E-state index in [0.717, 1.165) is 42.6 Å². The van der Waals surface area contributed by atoms with Gasteiger partial charge in [-0.15, -0.1) is 0 Å². The number of hydrogen-bond donors (Lipinski definition) is 1. The molecule has 0 atom stereocenters. The van der Waals surface area contributed by atoms with E-state index in [4.69, 9.17) is 0 Å². The average Bonchev–Trinajstić information content (AvgIpc) is 3.40. The standard InChI is InChI=1S/C20H25N3O/c24-20(22-16-8-4-1-2-5-9-16)18-14-21-23(19(18)15-12-13-15)17-10-6-3-7-11-17/h3,6-7,10-11,14-16H,1-2,4-5,8-9,12-13H2,(H,22,24). The second-order valence-corrected chi connectivity index (χ2v) is 7.13. The Bertz CT molecular complexity index is 695. The quantitative estimate of drug-likeness (QED) is 0.857. The minimum Gasteiger partial charge on any atom is -0.349 e. The molecule has 4 heteroatoms. The van der Waals surface area contributed by atoms with Gasteiger partial charge in [0.05, 0.1) is 23.1 Å². The molecule has 2 fully saturated rings. The van der Waals surface area contributed by atoms with Gasteiger partial charge in [0.1, 0.15) is 0 Å². The number of benzene rings is 1. The summed E-state index contributed by atoms with van der Waals surface area (Å²) in [5.41, 5.74) is 2.89. The highest BCUT2D eigenvalue weighted by Crippen LogP contribution is 2.42. The van der Waals surface area contributed by atoms with Gasteiger partial charge in [-0.05, 0) is 37.8 Å². The highest BCUT2D eigenvalue weighted by Gasteiger charge is 2.33. The molecule has 2 aromatic rings. The van der Waals surface area contributed by atoms with Gasteiger partial charge in [-0.2, -0.15) is 5.10 Å². The lowest BCUT2D eigenvalue weighted by molar-refractivity contribution is 0.0932. The highest BCUT2D eigenvalue weighted by molar-refractivity contribution is 5.95. The van der Waals surface area contributed by atoms with Crippen LogP contribution in [0.5, 0.6) is 0 Å². The molecule has 0 bridgehead atoms. The van der Waals surface area contributed by atoms with Gasteiger partial charge in [-0.1, -0.05) is 43.9 Å². The van der Waals surface area contributed by atoms with Gasteiger partial charge in [0.25, 0.3) is 5.91 Å². The molecule has 4 rings (SSSR count). The van der Waals surface area contributed by atoms with Crippen LogP contribution in [0.3, 0.4) is 0 Å². The second-order valence-electron chi connectivity index (χ2n) is 7.13. The van der Waals surface area contributed by atoms with E-state index in [1.165, 1.54) is 25.7 Å². The van der Waals surface area contributed by atoms with Crippen molar-refractivity contribution in [2.24, 2.45) is 0 Å². The number of carbonyl (C=O) groups is 1. The van der Waals surface area contributed by atoms with Crippen LogP contribution >= 0.6 is 0 Å². The third-order valence-corrected chi connectivity index (χ3v) is 5.21. The molecule has 0 unspecified atom stereocenters. The normalized spacial score (nSPS) is 19.0. The Kier molecular flexibility index (Phi) is 4.37. The van der Waals surface area contributed by atoms with E-state index in [0.29, 0.717) is 12.0 Å². The number of rotatable bonds is 4. The molecule has 1 heterocycles. The lowest BCUT2D eigenvalue weighted by Gasteiger charge is -2.16. The first-order valence-electron chi connectivity index (χ1n) is 9.27. The number of nitrogens with zero attached hydrogens (tertiary/aromatic N) is 2. The summed E-state index contributed by atoms with van der Waals surface area (Å²) < 4.78 is 1.96. The number of carbonyl (C=O) groups excluding carboxylic acids is 1. The largest absolute Gasteiger partial charge is 0.349 e. The number of aromatic nitrogens is 2. The van der Waals surface area contributed by atoms with Crippen LogP contribution in [0, 0.1) is 0 Å². The molecule has 2 saturated carbocycles. The van der Waals surface area contributed by atoms with E-state index in [1.807, 2.05) is 35.0 Å². The number of nitrogens with one attached hydrogen (secondary N) is 1. The molecular weight excluding hydrogens is 298 g/mol. The van der Waals surface area contributed by atoms with Crippen molar-refractivity contribution in [3.8, 4) is 5.69 Å². The minimum absolute atomic E-state index is 0.0611. The fourth-order valence-electron chi connectivity index (χ4n) is 3.74. The van der Waals surface area contributed by atoms with Gasteiger partial charge in [0.2, 0.25) is 0 Å². The van der Waals surface area contributed by atoms with Crippen molar-refractivity contribution in [2.45, 2.75) is 63.3 Å². The predicted molar refractivity (Wildman–Crippen MR) is 94.5 cm³/mol. The maximum Gasteiger partial charge on any atom is 0.255 e. The van der Waals surface area contributed by atoms with Crippen molar-refractivity contribution >= 4 is 5.91 Å².